The van der Waals surface area contributed by atoms with E-state index >= 15 is 0 Å². The van der Waals surface area contributed by atoms with Crippen molar-refractivity contribution < 1.29 is 9.32 Å². The molecule has 2 aromatic rings. The summed E-state index contributed by atoms with van der Waals surface area (Å²) in [6.07, 6.45) is 1.31. The molecule has 0 spiro atoms. The second-order valence-electron chi connectivity index (χ2n) is 5.07. The molecule has 22 heavy (non-hydrogen) atoms. The van der Waals surface area contributed by atoms with Crippen LogP contribution in [0, 0.1) is 6.92 Å². The van der Waals surface area contributed by atoms with Crippen molar-refractivity contribution in [2.45, 2.75) is 43.8 Å². The van der Waals surface area contributed by atoms with E-state index < -0.39 is 0 Å². The molecule has 6 heteroatoms. The van der Waals surface area contributed by atoms with Crippen LogP contribution in [0.25, 0.3) is 0 Å². The molecule has 0 aliphatic carbocycles. The maximum atomic E-state index is 12.1. The first-order chi connectivity index (χ1) is 10.6. The minimum Gasteiger partial charge on any atom is -0.355 e. The quantitative estimate of drug-likeness (QED) is 0.795. The number of aromatic nitrogens is 2. The lowest BCUT2D eigenvalue weighted by molar-refractivity contribution is -0.120. The Morgan fingerprint density at radius 3 is 2.73 bits per heavy atom. The van der Waals surface area contributed by atoms with Gasteiger partial charge in [0.2, 0.25) is 11.8 Å². The van der Waals surface area contributed by atoms with Crippen LogP contribution in [0.15, 0.2) is 33.7 Å². The summed E-state index contributed by atoms with van der Waals surface area (Å²) in [4.78, 5) is 17.4. The number of amides is 1. The van der Waals surface area contributed by atoms with Crippen LogP contribution in [0.3, 0.4) is 0 Å². The molecule has 1 aromatic carbocycles. The highest BCUT2D eigenvalue weighted by Crippen LogP contribution is 2.23. The van der Waals surface area contributed by atoms with E-state index in [0.717, 1.165) is 11.3 Å². The van der Waals surface area contributed by atoms with Crippen LogP contribution in [0.4, 0.5) is 0 Å². The number of aryl methyl sites for hydroxylation is 2. The highest BCUT2D eigenvalue weighted by Gasteiger charge is 2.14. The molecular weight excluding hydrogens is 298 g/mol. The average molecular weight is 319 g/mol. The van der Waals surface area contributed by atoms with Crippen molar-refractivity contribution in [3.63, 3.8) is 0 Å². The van der Waals surface area contributed by atoms with Crippen molar-refractivity contribution in [3.8, 4) is 0 Å². The highest BCUT2D eigenvalue weighted by atomic mass is 32.2. The summed E-state index contributed by atoms with van der Waals surface area (Å²) in [5.41, 5.74) is 1.22. The number of carbonyl (C=O) groups is 1. The van der Waals surface area contributed by atoms with Gasteiger partial charge < -0.3 is 9.84 Å². The molecule has 118 valence electrons. The van der Waals surface area contributed by atoms with Gasteiger partial charge in [0.05, 0.1) is 5.25 Å². The van der Waals surface area contributed by atoms with Gasteiger partial charge >= 0.3 is 0 Å². The number of hydrogen-bond acceptors (Lipinski definition) is 5. The largest absolute Gasteiger partial charge is 0.355 e. The number of thioether (sulfide) groups is 1. The first-order valence-electron chi connectivity index (χ1n) is 7.41. The second-order valence-corrected chi connectivity index (χ2v) is 6.49. The number of carbonyl (C=O) groups excluding carboxylic acids is 1. The molecule has 0 saturated heterocycles. The smallest absolute Gasteiger partial charge is 0.233 e. The normalized spacial score (nSPS) is 12.1. The Bertz CT molecular complexity index is 610. The second kappa shape index (κ2) is 7.98. The number of nitrogens with one attached hydrogen (secondary N) is 1. The Labute approximate surface area is 134 Å². The van der Waals surface area contributed by atoms with Crippen LogP contribution in [0.1, 0.15) is 31.1 Å². The van der Waals surface area contributed by atoms with Gasteiger partial charge in [0.25, 0.3) is 0 Å². The summed E-state index contributed by atoms with van der Waals surface area (Å²) in [6.45, 7) is 6.43. The topological polar surface area (TPSA) is 68.0 Å². The lowest BCUT2D eigenvalue weighted by Crippen LogP contribution is -2.32. The van der Waals surface area contributed by atoms with Gasteiger partial charge in [-0.15, -0.1) is 11.8 Å². The molecule has 0 bridgehead atoms. The minimum absolute atomic E-state index is 0.0183. The summed E-state index contributed by atoms with van der Waals surface area (Å²) >= 11 is 1.55. The summed E-state index contributed by atoms with van der Waals surface area (Å²) in [6, 6.07) is 8.17. The van der Waals surface area contributed by atoms with Gasteiger partial charge in [0.1, 0.15) is 0 Å². The molecule has 0 aliphatic rings. The summed E-state index contributed by atoms with van der Waals surface area (Å²) < 4.78 is 5.03. The zero-order valence-corrected chi connectivity index (χ0v) is 13.9. The van der Waals surface area contributed by atoms with Crippen LogP contribution in [0.5, 0.6) is 0 Å². The summed E-state index contributed by atoms with van der Waals surface area (Å²) in [5.74, 6) is 1.28. The zero-order chi connectivity index (χ0) is 15.9. The minimum atomic E-state index is -0.140. The number of hydrogen-bond donors (Lipinski definition) is 1. The number of nitrogens with zero attached hydrogens (tertiary/aromatic N) is 2. The van der Waals surface area contributed by atoms with E-state index in [1.165, 1.54) is 5.56 Å². The molecule has 2 rings (SSSR count). The molecule has 0 saturated carbocycles. The first-order valence-corrected chi connectivity index (χ1v) is 8.29. The van der Waals surface area contributed by atoms with Crippen LogP contribution >= 0.6 is 11.8 Å². The van der Waals surface area contributed by atoms with Crippen LogP contribution in [0.2, 0.25) is 0 Å². The Balaban J connectivity index is 1.75. The third-order valence-corrected chi connectivity index (χ3v) is 4.28. The molecule has 0 fully saturated rings. The van der Waals surface area contributed by atoms with E-state index in [1.54, 1.807) is 11.8 Å². The third kappa shape index (κ3) is 4.87. The maximum Gasteiger partial charge on any atom is 0.233 e. The van der Waals surface area contributed by atoms with E-state index in [2.05, 4.69) is 27.6 Å². The van der Waals surface area contributed by atoms with Crippen LogP contribution in [-0.2, 0) is 17.6 Å². The zero-order valence-electron chi connectivity index (χ0n) is 13.1. The lowest BCUT2D eigenvalue weighted by atomic mass is 10.2. The predicted molar refractivity (Wildman–Crippen MR) is 86.9 cm³/mol. The van der Waals surface area contributed by atoms with Crippen molar-refractivity contribution >= 4 is 17.7 Å². The van der Waals surface area contributed by atoms with E-state index in [1.807, 2.05) is 32.9 Å². The Kier molecular flexibility index (Phi) is 6.00. The molecular formula is C16H21N3O2S. The monoisotopic (exact) mass is 319 g/mol. The van der Waals surface area contributed by atoms with E-state index in [9.17, 15) is 4.79 Å². The van der Waals surface area contributed by atoms with Gasteiger partial charge in [0, 0.05) is 24.3 Å². The number of rotatable bonds is 7. The van der Waals surface area contributed by atoms with E-state index in [-0.39, 0.29) is 11.2 Å². The van der Waals surface area contributed by atoms with Crippen LogP contribution < -0.4 is 5.32 Å². The van der Waals surface area contributed by atoms with Gasteiger partial charge in [-0.2, -0.15) is 4.98 Å². The first kappa shape index (κ1) is 16.5. The summed E-state index contributed by atoms with van der Waals surface area (Å²) in [5, 5.41) is 6.63. The van der Waals surface area contributed by atoms with Gasteiger partial charge in [0.15, 0.2) is 5.82 Å². The van der Waals surface area contributed by atoms with Crippen molar-refractivity contribution in [2.24, 2.45) is 0 Å². The van der Waals surface area contributed by atoms with E-state index in [4.69, 9.17) is 4.52 Å². The molecule has 5 nitrogen and oxygen atoms in total. The van der Waals surface area contributed by atoms with Gasteiger partial charge in [-0.3, -0.25) is 4.79 Å². The fraction of sp³-hybridized carbons (Fsp3) is 0.438. The third-order valence-electron chi connectivity index (χ3n) is 3.16. The van der Waals surface area contributed by atoms with Crippen LogP contribution in [-0.4, -0.2) is 27.8 Å². The average Bonchev–Trinajstić information content (AvgIpc) is 2.97. The van der Waals surface area contributed by atoms with Gasteiger partial charge in [-0.25, -0.2) is 0 Å². The fourth-order valence-electron chi connectivity index (χ4n) is 1.85. The maximum absolute atomic E-state index is 12.1. The SMILES string of the molecule is CCc1nc(CCNC(=O)[C@@H](C)Sc2ccc(C)cc2)no1. The number of benzene rings is 1. The molecule has 0 unspecified atom stereocenters. The van der Waals surface area contributed by atoms with Crippen molar-refractivity contribution in [2.75, 3.05) is 6.54 Å². The summed E-state index contributed by atoms with van der Waals surface area (Å²) in [7, 11) is 0. The molecule has 0 aliphatic heterocycles. The molecule has 1 heterocycles. The molecule has 1 atom stereocenters. The molecule has 1 N–H and O–H groups in total. The predicted octanol–water partition coefficient (Wildman–Crippen LogP) is 2.78. The van der Waals surface area contributed by atoms with Gasteiger partial charge in [-0.1, -0.05) is 29.8 Å². The Morgan fingerprint density at radius 2 is 2.09 bits per heavy atom. The van der Waals surface area contributed by atoms with E-state index in [0.29, 0.717) is 24.7 Å². The Morgan fingerprint density at radius 1 is 1.36 bits per heavy atom. The lowest BCUT2D eigenvalue weighted by Gasteiger charge is -2.11. The molecule has 1 aromatic heterocycles. The fourth-order valence-corrected chi connectivity index (χ4v) is 2.74. The van der Waals surface area contributed by atoms with Crippen molar-refractivity contribution in [3.05, 3.63) is 41.5 Å². The molecule has 1 amide bonds. The van der Waals surface area contributed by atoms with Crippen molar-refractivity contribution in [1.82, 2.24) is 15.5 Å². The standard InChI is InChI=1S/C16H21N3O2S/c1-4-15-18-14(19-21-15)9-10-17-16(20)12(3)22-13-7-5-11(2)6-8-13/h5-8,12H,4,9-10H2,1-3H3,(H,17,20)/t12-/m1/s1. The Hall–Kier alpha value is -1.82. The van der Waals surface area contributed by atoms with Crippen molar-refractivity contribution in [1.29, 1.82) is 0 Å². The van der Waals surface area contributed by atoms with Gasteiger partial charge in [-0.05, 0) is 26.0 Å². The highest BCUT2D eigenvalue weighted by molar-refractivity contribution is 8.00. The molecule has 0 radical (unpaired) electrons.